The van der Waals surface area contributed by atoms with E-state index in [2.05, 4.69) is 50.1 Å². The van der Waals surface area contributed by atoms with Crippen molar-refractivity contribution in [3.05, 3.63) is 77.7 Å². The van der Waals surface area contributed by atoms with Crippen molar-refractivity contribution in [2.75, 3.05) is 0 Å². The summed E-state index contributed by atoms with van der Waals surface area (Å²) < 4.78 is 2.09. The molecule has 0 fully saturated rings. The number of hydrogen-bond donors (Lipinski definition) is 0. The van der Waals surface area contributed by atoms with Crippen molar-refractivity contribution in [3.63, 3.8) is 0 Å². The van der Waals surface area contributed by atoms with E-state index in [1.54, 1.807) is 11.3 Å². The second-order valence-corrected chi connectivity index (χ2v) is 5.85. The molecule has 22 heavy (non-hydrogen) atoms. The van der Waals surface area contributed by atoms with Gasteiger partial charge in [-0.2, -0.15) is 0 Å². The van der Waals surface area contributed by atoms with Crippen molar-refractivity contribution in [2.45, 2.75) is 0 Å². The van der Waals surface area contributed by atoms with Crippen LogP contribution in [0.5, 0.6) is 0 Å². The lowest BCUT2D eigenvalue weighted by Crippen LogP contribution is -1.91. The zero-order valence-electron chi connectivity index (χ0n) is 11.8. The van der Waals surface area contributed by atoms with Gasteiger partial charge in [0.15, 0.2) is 5.65 Å². The maximum Gasteiger partial charge on any atom is 0.155 e. The van der Waals surface area contributed by atoms with Crippen molar-refractivity contribution >= 4 is 29.1 Å². The molecule has 3 nitrogen and oxygen atoms in total. The minimum Gasteiger partial charge on any atom is -0.295 e. The molecule has 0 aliphatic rings. The van der Waals surface area contributed by atoms with E-state index in [1.165, 1.54) is 4.88 Å². The van der Waals surface area contributed by atoms with Crippen LogP contribution in [0.25, 0.3) is 28.4 Å². The van der Waals surface area contributed by atoms with E-state index in [4.69, 9.17) is 0 Å². The molecule has 106 valence electrons. The third kappa shape index (κ3) is 2.44. The minimum absolute atomic E-state index is 0.861. The van der Waals surface area contributed by atoms with Crippen LogP contribution in [0.1, 0.15) is 11.3 Å². The fourth-order valence-electron chi connectivity index (χ4n) is 2.34. The van der Waals surface area contributed by atoms with Gasteiger partial charge in [0.2, 0.25) is 0 Å². The van der Waals surface area contributed by atoms with Crippen LogP contribution in [-0.2, 0) is 0 Å². The molecule has 1 aromatic carbocycles. The highest BCUT2D eigenvalue weighted by molar-refractivity contribution is 7.13. The van der Waals surface area contributed by atoms with E-state index in [9.17, 15) is 0 Å². The first-order chi connectivity index (χ1) is 10.9. The van der Waals surface area contributed by atoms with Gasteiger partial charge in [-0.05, 0) is 23.1 Å². The number of thiophene rings is 1. The largest absolute Gasteiger partial charge is 0.295 e. The molecule has 0 atom stereocenters. The van der Waals surface area contributed by atoms with Gasteiger partial charge >= 0.3 is 0 Å². The van der Waals surface area contributed by atoms with Crippen molar-refractivity contribution in [1.82, 2.24) is 14.4 Å². The van der Waals surface area contributed by atoms with Crippen LogP contribution in [0.3, 0.4) is 0 Å². The van der Waals surface area contributed by atoms with Crippen LogP contribution in [-0.4, -0.2) is 14.4 Å². The number of imidazole rings is 1. The first-order valence-electron chi connectivity index (χ1n) is 7.00. The molecule has 0 bridgehead atoms. The summed E-state index contributed by atoms with van der Waals surface area (Å²) in [5, 5.41) is 2.08. The van der Waals surface area contributed by atoms with E-state index in [1.807, 2.05) is 42.9 Å². The standard InChI is InChI=1S/C18H13N3S/c1-2-5-14(6-3-1)8-9-15-13-21-16(17-7-4-10-22-17)11-20-18(21)12-19-15/h1-13H/b9-8+. The van der Waals surface area contributed by atoms with E-state index in [0.717, 1.165) is 22.6 Å². The van der Waals surface area contributed by atoms with E-state index >= 15 is 0 Å². The Morgan fingerprint density at radius 3 is 2.64 bits per heavy atom. The second-order valence-electron chi connectivity index (χ2n) is 4.91. The zero-order valence-corrected chi connectivity index (χ0v) is 12.6. The number of benzene rings is 1. The Bertz CT molecular complexity index is 922. The highest BCUT2D eigenvalue weighted by atomic mass is 32.1. The Morgan fingerprint density at radius 2 is 1.82 bits per heavy atom. The predicted molar refractivity (Wildman–Crippen MR) is 91.7 cm³/mol. The van der Waals surface area contributed by atoms with Gasteiger partial charge < -0.3 is 0 Å². The number of hydrogen-bond acceptors (Lipinski definition) is 3. The van der Waals surface area contributed by atoms with Crippen LogP contribution >= 0.6 is 11.3 Å². The average Bonchev–Trinajstić information content (AvgIpc) is 3.22. The number of rotatable bonds is 3. The Balaban J connectivity index is 1.74. The van der Waals surface area contributed by atoms with Gasteiger partial charge in [0.25, 0.3) is 0 Å². The van der Waals surface area contributed by atoms with Gasteiger partial charge in [0.1, 0.15) is 0 Å². The number of fused-ring (bicyclic) bond motifs is 1. The summed E-state index contributed by atoms with van der Waals surface area (Å²) in [6.07, 6.45) is 9.81. The molecule has 0 N–H and O–H groups in total. The summed E-state index contributed by atoms with van der Waals surface area (Å²) in [7, 11) is 0. The summed E-state index contributed by atoms with van der Waals surface area (Å²) in [5.41, 5.74) is 4.03. The molecule has 0 radical (unpaired) electrons. The molecule has 3 aromatic heterocycles. The highest BCUT2D eigenvalue weighted by Gasteiger charge is 2.07. The first-order valence-corrected chi connectivity index (χ1v) is 7.88. The van der Waals surface area contributed by atoms with Crippen molar-refractivity contribution < 1.29 is 0 Å². The van der Waals surface area contributed by atoms with Crippen LogP contribution in [0, 0.1) is 0 Å². The molecule has 4 aromatic rings. The third-order valence-corrected chi connectivity index (χ3v) is 4.33. The maximum absolute atomic E-state index is 4.45. The molecule has 0 aliphatic heterocycles. The molecule has 0 spiro atoms. The lowest BCUT2D eigenvalue weighted by Gasteiger charge is -2.00. The Hall–Kier alpha value is -2.72. The molecular weight excluding hydrogens is 290 g/mol. The zero-order chi connectivity index (χ0) is 14.8. The second kappa shape index (κ2) is 5.58. The van der Waals surface area contributed by atoms with Crippen molar-refractivity contribution in [1.29, 1.82) is 0 Å². The molecule has 0 saturated carbocycles. The van der Waals surface area contributed by atoms with Crippen molar-refractivity contribution in [2.24, 2.45) is 0 Å². The Kier molecular flexibility index (Phi) is 3.29. The summed E-state index contributed by atoms with van der Waals surface area (Å²) >= 11 is 1.71. The normalized spacial score (nSPS) is 11.5. The molecule has 3 heterocycles. The minimum atomic E-state index is 0.861. The van der Waals surface area contributed by atoms with Crippen LogP contribution in [0.2, 0.25) is 0 Å². The van der Waals surface area contributed by atoms with Crippen molar-refractivity contribution in [3.8, 4) is 10.6 Å². The van der Waals surface area contributed by atoms with Gasteiger partial charge in [-0.25, -0.2) is 4.98 Å². The SMILES string of the molecule is C(=C\c1cn2c(-c3cccs3)cnc2cn1)/c1ccccc1. The maximum atomic E-state index is 4.45. The fourth-order valence-corrected chi connectivity index (χ4v) is 3.08. The first kappa shape index (κ1) is 13.0. The molecule has 0 amide bonds. The third-order valence-electron chi connectivity index (χ3n) is 3.44. The Labute approximate surface area is 132 Å². The van der Waals surface area contributed by atoms with Gasteiger partial charge in [-0.15, -0.1) is 11.3 Å². The number of aromatic nitrogens is 3. The predicted octanol–water partition coefficient (Wildman–Crippen LogP) is 4.63. The average molecular weight is 303 g/mol. The van der Waals surface area contributed by atoms with Gasteiger partial charge in [0.05, 0.1) is 28.7 Å². The van der Waals surface area contributed by atoms with Gasteiger partial charge in [-0.3, -0.25) is 9.38 Å². The fraction of sp³-hybridized carbons (Fsp3) is 0. The summed E-state index contributed by atoms with van der Waals surface area (Å²) in [5.74, 6) is 0. The highest BCUT2D eigenvalue weighted by Crippen LogP contribution is 2.25. The summed E-state index contributed by atoms with van der Waals surface area (Å²) in [6, 6.07) is 14.4. The monoisotopic (exact) mass is 303 g/mol. The lowest BCUT2D eigenvalue weighted by atomic mass is 10.2. The number of nitrogens with zero attached hydrogens (tertiary/aromatic N) is 3. The lowest BCUT2D eigenvalue weighted by molar-refractivity contribution is 1.12. The Morgan fingerprint density at radius 1 is 0.909 bits per heavy atom. The molecule has 4 heteroatoms. The molecule has 0 unspecified atom stereocenters. The quantitative estimate of drug-likeness (QED) is 0.552. The summed E-state index contributed by atoms with van der Waals surface area (Å²) in [4.78, 5) is 10.1. The molecule has 0 aliphatic carbocycles. The van der Waals surface area contributed by atoms with Crippen LogP contribution in [0.4, 0.5) is 0 Å². The van der Waals surface area contributed by atoms with Crippen LogP contribution < -0.4 is 0 Å². The summed E-state index contributed by atoms with van der Waals surface area (Å²) in [6.45, 7) is 0. The topological polar surface area (TPSA) is 30.2 Å². The molecule has 0 saturated heterocycles. The van der Waals surface area contributed by atoms with E-state index < -0.39 is 0 Å². The van der Waals surface area contributed by atoms with Gasteiger partial charge in [-0.1, -0.05) is 42.5 Å². The van der Waals surface area contributed by atoms with E-state index in [-0.39, 0.29) is 0 Å². The van der Waals surface area contributed by atoms with E-state index in [0.29, 0.717) is 0 Å². The van der Waals surface area contributed by atoms with Crippen LogP contribution in [0.15, 0.2) is 66.4 Å². The molecular formula is C18H13N3S. The molecule has 4 rings (SSSR count). The smallest absolute Gasteiger partial charge is 0.155 e. The van der Waals surface area contributed by atoms with Gasteiger partial charge in [0, 0.05) is 6.20 Å².